The molecule has 0 N–H and O–H groups in total. The van der Waals surface area contributed by atoms with Crippen LogP contribution < -0.4 is 0 Å². The summed E-state index contributed by atoms with van der Waals surface area (Å²) in [6, 6.07) is 0. The first-order valence-electron chi connectivity index (χ1n) is 16.8. The molecule has 2 heteroatoms. The fourth-order valence-electron chi connectivity index (χ4n) is 6.08. The molecule has 0 heterocycles. The van der Waals surface area contributed by atoms with E-state index in [2.05, 4.69) is 41.5 Å². The van der Waals surface area contributed by atoms with E-state index < -0.39 is 14.5 Å². The quantitative estimate of drug-likeness (QED) is 0.0697. The lowest BCUT2D eigenvalue weighted by atomic mass is 10.1. The maximum atomic E-state index is 2.40. The molecule has 0 aromatic carbocycles. The monoisotopic (exact) mass is 531 g/mol. The van der Waals surface area contributed by atoms with Gasteiger partial charge in [0.1, 0.15) is 0 Å². The predicted octanol–water partition coefficient (Wildman–Crippen LogP) is 12.6. The lowest BCUT2D eigenvalue weighted by molar-refractivity contribution is 0.602. The fourth-order valence-corrected chi connectivity index (χ4v) is 16.5. The van der Waals surface area contributed by atoms with Crippen LogP contribution in [-0.2, 0) is 0 Å². The maximum absolute atomic E-state index is 2.40. The molecule has 0 unspecified atom stereocenters. The van der Waals surface area contributed by atoms with E-state index in [1.54, 1.807) is 62.1 Å². The standard InChI is InChI=1S/C33H72P2/c1-7-13-26-34(27-14-8-2,28-15-9-3)32-24-22-20-19-21-23-25-33-35(29-16-10-4,30-17-11-5)31-18-12-6/h7-33H2,1-6H3/q+2. The van der Waals surface area contributed by atoms with Crippen molar-refractivity contribution in [2.45, 2.75) is 164 Å². The summed E-state index contributed by atoms with van der Waals surface area (Å²) in [5.41, 5.74) is 0. The van der Waals surface area contributed by atoms with Gasteiger partial charge in [0.15, 0.2) is 0 Å². The minimum atomic E-state index is -0.655. The Kier molecular flexibility index (Phi) is 25.8. The summed E-state index contributed by atoms with van der Waals surface area (Å²) in [6.07, 6.45) is 41.0. The molecule has 0 atom stereocenters. The zero-order valence-electron chi connectivity index (χ0n) is 26.0. The molecule has 0 radical (unpaired) electrons. The van der Waals surface area contributed by atoms with Crippen molar-refractivity contribution in [1.82, 2.24) is 0 Å². The lowest BCUT2D eigenvalue weighted by Gasteiger charge is -2.28. The smallest absolute Gasteiger partial charge is 0.0594 e. The second kappa shape index (κ2) is 25.2. The van der Waals surface area contributed by atoms with Crippen molar-refractivity contribution >= 4 is 14.5 Å². The molecule has 0 rings (SSSR count). The van der Waals surface area contributed by atoms with Crippen molar-refractivity contribution in [3.63, 3.8) is 0 Å². The Bertz CT molecular complexity index is 338. The Labute approximate surface area is 227 Å². The van der Waals surface area contributed by atoms with Gasteiger partial charge in [-0.25, -0.2) is 0 Å². The topological polar surface area (TPSA) is 0 Å². The van der Waals surface area contributed by atoms with Crippen LogP contribution in [0.25, 0.3) is 0 Å². The molecule has 0 aromatic rings. The largest absolute Gasteiger partial charge is 0.0652 e. The van der Waals surface area contributed by atoms with E-state index >= 15 is 0 Å². The molecular formula is C33H72P2+2. The van der Waals surface area contributed by atoms with Gasteiger partial charge in [0, 0.05) is 14.5 Å². The van der Waals surface area contributed by atoms with Crippen LogP contribution in [0.2, 0.25) is 0 Å². The van der Waals surface area contributed by atoms with Gasteiger partial charge in [-0.15, -0.1) is 0 Å². The van der Waals surface area contributed by atoms with Gasteiger partial charge < -0.3 is 0 Å². The van der Waals surface area contributed by atoms with E-state index in [9.17, 15) is 0 Å². The molecule has 0 saturated carbocycles. The fraction of sp³-hybridized carbons (Fsp3) is 1.00. The number of hydrogen-bond acceptors (Lipinski definition) is 0. The summed E-state index contributed by atoms with van der Waals surface area (Å²) in [6.45, 7) is 14.4. The van der Waals surface area contributed by atoms with Gasteiger partial charge in [-0.3, -0.25) is 0 Å². The molecule has 0 aliphatic rings. The minimum absolute atomic E-state index is 0.655. The third kappa shape index (κ3) is 18.7. The highest BCUT2D eigenvalue weighted by Crippen LogP contribution is 2.62. The average molecular weight is 531 g/mol. The van der Waals surface area contributed by atoms with Gasteiger partial charge >= 0.3 is 0 Å². The van der Waals surface area contributed by atoms with E-state index in [0.717, 1.165) is 0 Å². The van der Waals surface area contributed by atoms with Crippen LogP contribution >= 0.6 is 14.5 Å². The molecule has 0 spiro atoms. The van der Waals surface area contributed by atoms with Gasteiger partial charge in [0.25, 0.3) is 0 Å². The van der Waals surface area contributed by atoms with Crippen molar-refractivity contribution in [2.24, 2.45) is 0 Å². The van der Waals surface area contributed by atoms with Crippen molar-refractivity contribution in [3.8, 4) is 0 Å². The first kappa shape index (κ1) is 35.9. The summed E-state index contributed by atoms with van der Waals surface area (Å²) in [5, 5.41) is 0. The van der Waals surface area contributed by atoms with Gasteiger partial charge in [-0.1, -0.05) is 99.3 Å². The third-order valence-electron chi connectivity index (χ3n) is 8.68. The van der Waals surface area contributed by atoms with E-state index in [1.807, 2.05) is 0 Å². The molecule has 0 aliphatic heterocycles. The van der Waals surface area contributed by atoms with Crippen LogP contribution in [0, 0.1) is 0 Å². The first-order valence-corrected chi connectivity index (χ1v) is 21.8. The summed E-state index contributed by atoms with van der Waals surface area (Å²) in [5.74, 6) is 0. The Hall–Kier alpha value is 0.860. The van der Waals surface area contributed by atoms with Gasteiger partial charge in [0.2, 0.25) is 0 Å². The Morgan fingerprint density at radius 3 is 0.600 bits per heavy atom. The highest BCUT2D eigenvalue weighted by Gasteiger charge is 2.35. The zero-order valence-corrected chi connectivity index (χ0v) is 27.8. The van der Waals surface area contributed by atoms with Gasteiger partial charge in [-0.05, 0) is 64.2 Å². The van der Waals surface area contributed by atoms with Crippen molar-refractivity contribution in [3.05, 3.63) is 0 Å². The molecule has 0 saturated heterocycles. The number of rotatable bonds is 28. The van der Waals surface area contributed by atoms with E-state index in [4.69, 9.17) is 0 Å². The molecule has 0 amide bonds. The average Bonchev–Trinajstić information content (AvgIpc) is 2.88. The van der Waals surface area contributed by atoms with Crippen LogP contribution in [0.3, 0.4) is 0 Å². The van der Waals surface area contributed by atoms with Crippen molar-refractivity contribution in [1.29, 1.82) is 0 Å². The van der Waals surface area contributed by atoms with Crippen LogP contribution in [0.1, 0.15) is 164 Å². The van der Waals surface area contributed by atoms with Crippen LogP contribution in [-0.4, -0.2) is 49.3 Å². The Morgan fingerprint density at radius 2 is 0.400 bits per heavy atom. The second-order valence-corrected chi connectivity index (χ2v) is 21.0. The lowest BCUT2D eigenvalue weighted by Crippen LogP contribution is -2.13. The molecule has 35 heavy (non-hydrogen) atoms. The molecule has 0 aliphatic carbocycles. The van der Waals surface area contributed by atoms with Crippen LogP contribution in [0.5, 0.6) is 0 Å². The number of unbranched alkanes of at least 4 members (excludes halogenated alkanes) is 12. The molecule has 0 aromatic heterocycles. The van der Waals surface area contributed by atoms with E-state index in [0.29, 0.717) is 0 Å². The Morgan fingerprint density at radius 1 is 0.229 bits per heavy atom. The highest BCUT2D eigenvalue weighted by molar-refractivity contribution is 7.76. The normalized spacial score (nSPS) is 12.5. The summed E-state index contributed by atoms with van der Waals surface area (Å²) < 4.78 is 0. The molecule has 0 nitrogen and oxygen atoms in total. The zero-order chi connectivity index (χ0) is 26.1. The molecule has 0 fully saturated rings. The minimum Gasteiger partial charge on any atom is -0.0652 e. The van der Waals surface area contributed by atoms with Crippen LogP contribution in [0.15, 0.2) is 0 Å². The Balaban J connectivity index is 4.39. The molecule has 212 valence electrons. The van der Waals surface area contributed by atoms with E-state index in [-0.39, 0.29) is 0 Å². The second-order valence-electron chi connectivity index (χ2n) is 12.1. The molecule has 0 bridgehead atoms. The highest BCUT2D eigenvalue weighted by atomic mass is 31.2. The summed E-state index contributed by atoms with van der Waals surface area (Å²) in [4.78, 5) is 0. The van der Waals surface area contributed by atoms with Crippen molar-refractivity contribution < 1.29 is 0 Å². The maximum Gasteiger partial charge on any atom is 0.0594 e. The molecular weight excluding hydrogens is 458 g/mol. The predicted molar refractivity (Wildman–Crippen MR) is 175 cm³/mol. The summed E-state index contributed by atoms with van der Waals surface area (Å²) >= 11 is 0. The van der Waals surface area contributed by atoms with Crippen LogP contribution in [0.4, 0.5) is 0 Å². The van der Waals surface area contributed by atoms with Gasteiger partial charge in [-0.2, -0.15) is 0 Å². The van der Waals surface area contributed by atoms with Gasteiger partial charge in [0.05, 0.1) is 49.3 Å². The third-order valence-corrected chi connectivity index (χ3v) is 18.8. The van der Waals surface area contributed by atoms with E-state index in [1.165, 1.54) is 109 Å². The van der Waals surface area contributed by atoms with Crippen molar-refractivity contribution in [2.75, 3.05) is 49.3 Å². The summed E-state index contributed by atoms with van der Waals surface area (Å²) in [7, 11) is -1.31. The first-order chi connectivity index (χ1) is 17.1. The SMILES string of the molecule is CCCC[P+](CCCC)(CCCC)CCCCCCCCC[P+](CCCC)(CCCC)CCCC. The number of hydrogen-bond donors (Lipinski definition) is 0.